The Hall–Kier alpha value is -3.64. The van der Waals surface area contributed by atoms with Gasteiger partial charge in [0.25, 0.3) is 5.91 Å². The number of benzene rings is 1. The van der Waals surface area contributed by atoms with E-state index in [4.69, 9.17) is 10.2 Å². The highest BCUT2D eigenvalue weighted by Gasteiger charge is 2.25. The summed E-state index contributed by atoms with van der Waals surface area (Å²) in [5, 5.41) is 18.0. The monoisotopic (exact) mass is 471 g/mol. The number of hydrogen-bond acceptors (Lipinski definition) is 8. The van der Waals surface area contributed by atoms with Gasteiger partial charge in [0.2, 0.25) is 5.89 Å². The summed E-state index contributed by atoms with van der Waals surface area (Å²) in [6.07, 6.45) is 4.45. The van der Waals surface area contributed by atoms with Crippen LogP contribution in [0.1, 0.15) is 16.9 Å². The average Bonchev–Trinajstić information content (AvgIpc) is 3.50. The third kappa shape index (κ3) is 4.10. The second kappa shape index (κ2) is 8.71. The normalized spacial score (nSPS) is 15.6. The topological polar surface area (TPSA) is 135 Å². The molecule has 1 amide bonds. The Morgan fingerprint density at radius 3 is 2.97 bits per heavy atom. The quantitative estimate of drug-likeness (QED) is 0.413. The molecule has 12 heteroatoms. The molecule has 1 aliphatic rings. The predicted molar refractivity (Wildman–Crippen MR) is 126 cm³/mol. The Kier molecular flexibility index (Phi) is 5.95. The molecule has 4 heterocycles. The van der Waals surface area contributed by atoms with E-state index >= 15 is 0 Å². The van der Waals surface area contributed by atoms with Crippen molar-refractivity contribution >= 4 is 47.5 Å². The molecule has 1 saturated heterocycles. The Morgan fingerprint density at radius 2 is 2.21 bits per heavy atom. The molecule has 1 fully saturated rings. The minimum absolute atomic E-state index is 0. The first-order valence-electron chi connectivity index (χ1n) is 9.96. The van der Waals surface area contributed by atoms with Gasteiger partial charge >= 0.3 is 0 Å². The van der Waals surface area contributed by atoms with Crippen LogP contribution in [-0.4, -0.2) is 50.0 Å². The van der Waals surface area contributed by atoms with Gasteiger partial charge in [0, 0.05) is 31.7 Å². The number of carbonyl (C=O) groups excluding carboxylic acids is 1. The molecule has 4 aromatic rings. The molecule has 1 aromatic carbocycles. The van der Waals surface area contributed by atoms with E-state index in [1.165, 1.54) is 12.3 Å². The number of halogens is 1. The summed E-state index contributed by atoms with van der Waals surface area (Å²) in [6.45, 7) is 1.12. The molecule has 172 valence electrons. The average molecular weight is 472 g/mol. The highest BCUT2D eigenvalue weighted by atomic mass is 32.1. The van der Waals surface area contributed by atoms with Crippen LogP contribution in [0, 0.1) is 5.82 Å². The molecule has 1 atom stereocenters. The smallest absolute Gasteiger partial charge is 0.277 e. The van der Waals surface area contributed by atoms with E-state index in [1.807, 2.05) is 24.1 Å². The fraction of sp³-hybridized carbons (Fsp3) is 0.238. The lowest BCUT2D eigenvalue weighted by Crippen LogP contribution is -2.23. The van der Waals surface area contributed by atoms with Crippen LogP contribution < -0.4 is 16.0 Å². The van der Waals surface area contributed by atoms with Gasteiger partial charge in [0.1, 0.15) is 6.26 Å². The second-order valence-corrected chi connectivity index (χ2v) is 7.63. The number of amides is 1. The zero-order valence-corrected chi connectivity index (χ0v) is 18.6. The van der Waals surface area contributed by atoms with E-state index in [0.29, 0.717) is 25.2 Å². The van der Waals surface area contributed by atoms with Crippen LogP contribution in [0.25, 0.3) is 22.4 Å². The molecular weight excluding hydrogens is 449 g/mol. The molecule has 0 saturated carbocycles. The number of aromatic nitrogens is 4. The highest BCUT2D eigenvalue weighted by Crippen LogP contribution is 2.34. The Labute approximate surface area is 194 Å². The van der Waals surface area contributed by atoms with E-state index in [2.05, 4.69) is 20.4 Å². The van der Waals surface area contributed by atoms with Crippen molar-refractivity contribution in [1.82, 2.24) is 19.7 Å². The third-order valence-corrected chi connectivity index (χ3v) is 5.50. The molecule has 3 aromatic heterocycles. The first-order chi connectivity index (χ1) is 15.4. The molecule has 0 bridgehead atoms. The van der Waals surface area contributed by atoms with Gasteiger partial charge in [0.15, 0.2) is 17.3 Å². The maximum atomic E-state index is 14.2. The number of nitrogen functional groups attached to an aromatic ring is 1. The largest absolute Gasteiger partial charge is 0.444 e. The summed E-state index contributed by atoms with van der Waals surface area (Å²) >= 11 is 0. The number of β-amino-alcohol motifs (C(OH)–C–C–N with tert-alkyl or cyclic N) is 1. The third-order valence-electron chi connectivity index (χ3n) is 5.50. The van der Waals surface area contributed by atoms with Crippen molar-refractivity contribution < 1.29 is 18.7 Å². The van der Waals surface area contributed by atoms with Crippen LogP contribution in [-0.2, 0) is 7.05 Å². The van der Waals surface area contributed by atoms with Crippen molar-refractivity contribution in [3.05, 3.63) is 48.4 Å². The minimum atomic E-state index is -0.766. The fourth-order valence-corrected chi connectivity index (χ4v) is 3.82. The lowest BCUT2D eigenvalue weighted by atomic mass is 10.1. The molecule has 1 aliphatic heterocycles. The maximum Gasteiger partial charge on any atom is 0.277 e. The summed E-state index contributed by atoms with van der Waals surface area (Å²) in [5.74, 6) is -1.65. The molecule has 33 heavy (non-hydrogen) atoms. The Morgan fingerprint density at radius 1 is 1.39 bits per heavy atom. The summed E-state index contributed by atoms with van der Waals surface area (Å²) in [4.78, 5) is 22.7. The summed E-state index contributed by atoms with van der Waals surface area (Å²) in [5.41, 5.74) is 7.64. The number of oxazole rings is 1. The van der Waals surface area contributed by atoms with Crippen LogP contribution in [0.15, 0.2) is 41.3 Å². The fourth-order valence-electron chi connectivity index (χ4n) is 3.82. The van der Waals surface area contributed by atoms with Gasteiger partial charge in [0.05, 0.1) is 34.8 Å². The lowest BCUT2D eigenvalue weighted by molar-refractivity contribution is 0.102. The summed E-state index contributed by atoms with van der Waals surface area (Å²) in [6, 6.07) is 5.12. The minimum Gasteiger partial charge on any atom is -0.444 e. The molecule has 0 aliphatic carbocycles. The van der Waals surface area contributed by atoms with Gasteiger partial charge in [-0.25, -0.2) is 14.4 Å². The van der Waals surface area contributed by atoms with Gasteiger partial charge in [-0.3, -0.25) is 9.48 Å². The van der Waals surface area contributed by atoms with Crippen molar-refractivity contribution in [3.63, 3.8) is 0 Å². The first kappa shape index (κ1) is 22.6. The van der Waals surface area contributed by atoms with Crippen LogP contribution >= 0.6 is 13.5 Å². The maximum absolute atomic E-state index is 14.2. The van der Waals surface area contributed by atoms with Crippen LogP contribution in [0.2, 0.25) is 0 Å². The van der Waals surface area contributed by atoms with Crippen LogP contribution in [0.4, 0.5) is 21.6 Å². The lowest BCUT2D eigenvalue weighted by Gasteiger charge is -2.22. The number of aliphatic hydroxyl groups excluding tert-OH is 1. The van der Waals surface area contributed by atoms with Crippen molar-refractivity contribution in [1.29, 1.82) is 0 Å². The zero-order chi connectivity index (χ0) is 22.4. The van der Waals surface area contributed by atoms with Crippen LogP contribution in [0.3, 0.4) is 0 Å². The van der Waals surface area contributed by atoms with Gasteiger partial charge in [-0.05, 0) is 24.6 Å². The first-order valence-corrected chi connectivity index (χ1v) is 9.96. The summed E-state index contributed by atoms with van der Waals surface area (Å²) < 4.78 is 21.3. The van der Waals surface area contributed by atoms with E-state index in [1.54, 1.807) is 10.9 Å². The number of rotatable bonds is 4. The van der Waals surface area contributed by atoms with Crippen molar-refractivity contribution in [3.8, 4) is 11.5 Å². The SMILES string of the molecule is Cn1ncc2cc(N3CC[C@H](O)C3)c(NC(=O)c3coc(-c4ccnc(N)c4F)n3)cc21.S. The number of nitrogens with zero attached hydrogens (tertiary/aromatic N) is 5. The van der Waals surface area contributed by atoms with Gasteiger partial charge in [-0.1, -0.05) is 0 Å². The van der Waals surface area contributed by atoms with Gasteiger partial charge in [-0.15, -0.1) is 0 Å². The van der Waals surface area contributed by atoms with E-state index in [-0.39, 0.29) is 36.5 Å². The molecular formula is C21H22FN7O3S. The van der Waals surface area contributed by atoms with Gasteiger partial charge < -0.3 is 25.5 Å². The van der Waals surface area contributed by atoms with E-state index < -0.39 is 17.8 Å². The van der Waals surface area contributed by atoms with Gasteiger partial charge in [-0.2, -0.15) is 18.6 Å². The highest BCUT2D eigenvalue weighted by molar-refractivity contribution is 7.59. The van der Waals surface area contributed by atoms with E-state index in [0.717, 1.165) is 22.9 Å². The number of anilines is 3. The zero-order valence-electron chi connectivity index (χ0n) is 17.6. The molecule has 0 unspecified atom stereocenters. The standard InChI is InChI=1S/C21H20FN7O3.H2S/c1-28-16-7-14(17(6-11(16)8-25-28)29-5-3-12(30)9-29)26-20(31)15-10-32-21(27-15)13-2-4-24-19(23)18(13)22;/h2,4,6-8,10,12,30H,3,5,9H2,1H3,(H2,23,24)(H,26,31);1H2/t12-;/m0./s1. The summed E-state index contributed by atoms with van der Waals surface area (Å²) in [7, 11) is 1.81. The van der Waals surface area contributed by atoms with Crippen LogP contribution in [0.5, 0.6) is 0 Å². The van der Waals surface area contributed by atoms with Crippen molar-refractivity contribution in [2.45, 2.75) is 12.5 Å². The number of carbonyl (C=O) groups is 1. The molecule has 0 radical (unpaired) electrons. The number of aryl methyl sites for hydroxylation is 1. The van der Waals surface area contributed by atoms with Crippen molar-refractivity contribution in [2.75, 3.05) is 29.0 Å². The number of hydrogen-bond donors (Lipinski definition) is 3. The Balaban J connectivity index is 0.00000259. The second-order valence-electron chi connectivity index (χ2n) is 7.63. The number of pyridine rings is 1. The number of nitrogens with two attached hydrogens (primary N) is 1. The Bertz CT molecular complexity index is 1340. The number of fused-ring (bicyclic) bond motifs is 1. The van der Waals surface area contributed by atoms with E-state index in [9.17, 15) is 14.3 Å². The predicted octanol–water partition coefficient (Wildman–Crippen LogP) is 2.28. The molecule has 0 spiro atoms. The number of aliphatic hydroxyl groups is 1. The molecule has 5 rings (SSSR count). The van der Waals surface area contributed by atoms with Crippen molar-refractivity contribution in [2.24, 2.45) is 7.05 Å². The molecule has 10 nitrogen and oxygen atoms in total. The number of nitrogens with one attached hydrogen (secondary N) is 1. The molecule has 4 N–H and O–H groups in total.